The third-order valence-corrected chi connectivity index (χ3v) is 4.57. The quantitative estimate of drug-likeness (QED) is 0.632. The van der Waals surface area contributed by atoms with Crippen molar-refractivity contribution in [3.05, 3.63) is 81.3 Å². The number of thiazole rings is 1. The second kappa shape index (κ2) is 8.46. The average molecular weight is 382 g/mol. The van der Waals surface area contributed by atoms with Crippen LogP contribution in [0.25, 0.3) is 0 Å². The highest BCUT2D eigenvalue weighted by Crippen LogP contribution is 2.17. The first-order valence-corrected chi connectivity index (χ1v) is 9.09. The summed E-state index contributed by atoms with van der Waals surface area (Å²) in [6, 6.07) is 14.3. The molecule has 0 radical (unpaired) electrons. The highest BCUT2D eigenvalue weighted by molar-refractivity contribution is 7.09. The molecule has 0 atom stereocenters. The van der Waals surface area contributed by atoms with Gasteiger partial charge in [0.05, 0.1) is 0 Å². The molecule has 1 amide bonds. The number of amides is 1. The Labute approximate surface area is 160 Å². The first-order valence-electron chi connectivity index (χ1n) is 8.21. The van der Waals surface area contributed by atoms with Crippen molar-refractivity contribution in [2.45, 2.75) is 20.1 Å². The van der Waals surface area contributed by atoms with E-state index in [2.05, 4.69) is 4.98 Å². The monoisotopic (exact) mass is 382 g/mol. The van der Waals surface area contributed by atoms with Crippen LogP contribution < -0.4 is 10.5 Å². The summed E-state index contributed by atoms with van der Waals surface area (Å²) in [7, 11) is 0. The number of carbonyl (C=O) groups excluding carboxylic acids is 2. The summed E-state index contributed by atoms with van der Waals surface area (Å²) in [4.78, 5) is 27.4. The lowest BCUT2D eigenvalue weighted by Gasteiger charge is -2.04. The molecule has 0 fully saturated rings. The van der Waals surface area contributed by atoms with E-state index in [1.54, 1.807) is 29.6 Å². The van der Waals surface area contributed by atoms with Gasteiger partial charge < -0.3 is 15.2 Å². The number of rotatable bonds is 7. The zero-order valence-corrected chi connectivity index (χ0v) is 15.5. The Morgan fingerprint density at radius 2 is 1.74 bits per heavy atom. The fourth-order valence-corrected chi connectivity index (χ4v) is 2.91. The summed E-state index contributed by atoms with van der Waals surface area (Å²) in [5.74, 6) is -0.257. The molecule has 138 valence electrons. The van der Waals surface area contributed by atoms with Crippen LogP contribution >= 0.6 is 11.3 Å². The van der Waals surface area contributed by atoms with Crippen molar-refractivity contribution in [1.29, 1.82) is 0 Å². The molecule has 0 aliphatic heterocycles. The number of nitrogens with zero attached hydrogens (tertiary/aromatic N) is 1. The molecule has 27 heavy (non-hydrogen) atoms. The summed E-state index contributed by atoms with van der Waals surface area (Å²) in [6.07, 6.45) is 0. The van der Waals surface area contributed by atoms with E-state index in [-0.39, 0.29) is 18.9 Å². The van der Waals surface area contributed by atoms with Crippen LogP contribution in [0.4, 0.5) is 0 Å². The van der Waals surface area contributed by atoms with Crippen molar-refractivity contribution in [2.75, 3.05) is 0 Å². The zero-order chi connectivity index (χ0) is 19.2. The lowest BCUT2D eigenvalue weighted by molar-refractivity contribution is 0.0466. The van der Waals surface area contributed by atoms with Crippen LogP contribution in [0, 0.1) is 6.92 Å². The standard InChI is InChI=1S/C20H18N2O4S/c1-13-2-8-16(9-3-13)25-11-18-22-17(12-27-18)20(24)26-10-14-4-6-15(7-5-14)19(21)23/h2-9,12H,10-11H2,1H3,(H2,21,23). The minimum absolute atomic E-state index is 0.0879. The molecule has 0 unspecified atom stereocenters. The van der Waals surface area contributed by atoms with Crippen molar-refractivity contribution in [3.63, 3.8) is 0 Å². The first-order chi connectivity index (χ1) is 13.0. The second-order valence-corrected chi connectivity index (χ2v) is 6.81. The van der Waals surface area contributed by atoms with Crippen LogP contribution in [-0.2, 0) is 18.0 Å². The maximum Gasteiger partial charge on any atom is 0.358 e. The van der Waals surface area contributed by atoms with Gasteiger partial charge in [-0.25, -0.2) is 9.78 Å². The predicted octanol–water partition coefficient (Wildman–Crippen LogP) is 3.49. The molecule has 0 spiro atoms. The smallest absolute Gasteiger partial charge is 0.358 e. The van der Waals surface area contributed by atoms with Crippen molar-refractivity contribution >= 4 is 23.2 Å². The molecule has 0 aliphatic carbocycles. The SMILES string of the molecule is Cc1ccc(OCc2nc(C(=O)OCc3ccc(C(N)=O)cc3)cs2)cc1. The van der Waals surface area contributed by atoms with Crippen LogP contribution in [-0.4, -0.2) is 16.9 Å². The molecule has 0 bridgehead atoms. The van der Waals surface area contributed by atoms with Gasteiger partial charge in [-0.15, -0.1) is 11.3 Å². The Morgan fingerprint density at radius 3 is 2.41 bits per heavy atom. The van der Waals surface area contributed by atoms with Gasteiger partial charge in [-0.3, -0.25) is 4.79 Å². The van der Waals surface area contributed by atoms with Gasteiger partial charge in [0, 0.05) is 10.9 Å². The average Bonchev–Trinajstić information content (AvgIpc) is 3.15. The fraction of sp³-hybridized carbons (Fsp3) is 0.150. The summed E-state index contributed by atoms with van der Waals surface area (Å²) >= 11 is 1.34. The van der Waals surface area contributed by atoms with Crippen LogP contribution in [0.2, 0.25) is 0 Å². The van der Waals surface area contributed by atoms with Gasteiger partial charge in [-0.1, -0.05) is 29.8 Å². The molecule has 1 heterocycles. The molecule has 3 aromatic rings. The van der Waals surface area contributed by atoms with E-state index < -0.39 is 11.9 Å². The van der Waals surface area contributed by atoms with Crippen molar-refractivity contribution in [2.24, 2.45) is 5.73 Å². The second-order valence-electron chi connectivity index (χ2n) is 5.87. The van der Waals surface area contributed by atoms with E-state index in [9.17, 15) is 9.59 Å². The van der Waals surface area contributed by atoms with E-state index in [4.69, 9.17) is 15.2 Å². The number of primary amides is 1. The van der Waals surface area contributed by atoms with E-state index in [0.29, 0.717) is 10.6 Å². The minimum atomic E-state index is -0.508. The lowest BCUT2D eigenvalue weighted by Crippen LogP contribution is -2.11. The van der Waals surface area contributed by atoms with Crippen LogP contribution in [0.5, 0.6) is 5.75 Å². The molecule has 1 aromatic heterocycles. The van der Waals surface area contributed by atoms with Crippen LogP contribution in [0.3, 0.4) is 0 Å². The third kappa shape index (κ3) is 5.15. The number of nitrogens with two attached hydrogens (primary N) is 1. The Morgan fingerprint density at radius 1 is 1.04 bits per heavy atom. The largest absolute Gasteiger partial charge is 0.486 e. The first kappa shape index (κ1) is 18.6. The molecule has 7 heteroatoms. The number of hydrogen-bond donors (Lipinski definition) is 1. The fourth-order valence-electron chi connectivity index (χ4n) is 2.24. The molecular formula is C20H18N2O4S. The zero-order valence-electron chi connectivity index (χ0n) is 14.7. The molecule has 0 saturated carbocycles. The number of esters is 1. The number of aromatic nitrogens is 1. The van der Waals surface area contributed by atoms with Gasteiger partial charge in [0.15, 0.2) is 5.69 Å². The van der Waals surface area contributed by atoms with Gasteiger partial charge in [0.2, 0.25) is 5.91 Å². The Hall–Kier alpha value is -3.19. The van der Waals surface area contributed by atoms with Gasteiger partial charge in [0.25, 0.3) is 0 Å². The van der Waals surface area contributed by atoms with Crippen molar-refractivity contribution in [3.8, 4) is 5.75 Å². The van der Waals surface area contributed by atoms with E-state index in [1.807, 2.05) is 31.2 Å². The maximum atomic E-state index is 12.1. The van der Waals surface area contributed by atoms with Crippen molar-refractivity contribution < 1.29 is 19.1 Å². The van der Waals surface area contributed by atoms with Gasteiger partial charge >= 0.3 is 5.97 Å². The Kier molecular flexibility index (Phi) is 5.83. The van der Waals surface area contributed by atoms with Crippen molar-refractivity contribution in [1.82, 2.24) is 4.98 Å². The summed E-state index contributed by atoms with van der Waals surface area (Å²) < 4.78 is 10.9. The molecule has 0 saturated heterocycles. The number of aryl methyl sites for hydroxylation is 1. The van der Waals surface area contributed by atoms with Gasteiger partial charge in [0.1, 0.15) is 24.0 Å². The normalized spacial score (nSPS) is 10.4. The highest BCUT2D eigenvalue weighted by Gasteiger charge is 2.13. The molecular weight excluding hydrogens is 364 g/mol. The minimum Gasteiger partial charge on any atom is -0.486 e. The van der Waals surface area contributed by atoms with E-state index in [0.717, 1.165) is 16.9 Å². The summed E-state index contributed by atoms with van der Waals surface area (Å²) in [5.41, 5.74) is 7.76. The number of benzene rings is 2. The highest BCUT2D eigenvalue weighted by atomic mass is 32.1. The molecule has 6 nitrogen and oxygen atoms in total. The number of carbonyl (C=O) groups is 2. The molecule has 0 aliphatic rings. The molecule has 2 aromatic carbocycles. The Bertz CT molecular complexity index is 933. The molecule has 2 N–H and O–H groups in total. The molecule has 3 rings (SSSR count). The van der Waals surface area contributed by atoms with Gasteiger partial charge in [-0.05, 0) is 36.8 Å². The van der Waals surface area contributed by atoms with E-state index in [1.165, 1.54) is 11.3 Å². The maximum absolute atomic E-state index is 12.1. The van der Waals surface area contributed by atoms with Crippen LogP contribution in [0.15, 0.2) is 53.9 Å². The Balaban J connectivity index is 1.51. The van der Waals surface area contributed by atoms with Gasteiger partial charge in [-0.2, -0.15) is 0 Å². The lowest BCUT2D eigenvalue weighted by atomic mass is 10.1. The topological polar surface area (TPSA) is 91.5 Å². The predicted molar refractivity (Wildman–Crippen MR) is 102 cm³/mol. The number of hydrogen-bond acceptors (Lipinski definition) is 6. The number of ether oxygens (including phenoxy) is 2. The summed E-state index contributed by atoms with van der Waals surface area (Å²) in [6.45, 7) is 2.38. The summed E-state index contributed by atoms with van der Waals surface area (Å²) in [5, 5.41) is 2.33. The van der Waals surface area contributed by atoms with Crippen LogP contribution in [0.1, 0.15) is 37.0 Å². The third-order valence-electron chi connectivity index (χ3n) is 3.75. The van der Waals surface area contributed by atoms with E-state index >= 15 is 0 Å².